The number of likely N-dealkylation sites (tertiary alicyclic amines) is 1. The molecule has 33 heavy (non-hydrogen) atoms. The Balaban J connectivity index is 1.57. The van der Waals surface area contributed by atoms with E-state index in [1.165, 1.54) is 16.9 Å². The van der Waals surface area contributed by atoms with Crippen molar-refractivity contribution in [2.45, 2.75) is 43.9 Å². The Bertz CT molecular complexity index is 1050. The third-order valence-corrected chi connectivity index (χ3v) is 8.54. The molecule has 2 aromatic carbocycles. The molecule has 1 heterocycles. The fraction of sp³-hybridized carbons (Fsp3) is 0.480. The van der Waals surface area contributed by atoms with Crippen LogP contribution in [0.15, 0.2) is 41.3 Å². The highest BCUT2D eigenvalue weighted by Crippen LogP contribution is 2.29. The summed E-state index contributed by atoms with van der Waals surface area (Å²) < 4.78 is 32.7. The Morgan fingerprint density at radius 2 is 1.70 bits per heavy atom. The zero-order chi connectivity index (χ0) is 24.2. The highest BCUT2D eigenvalue weighted by Gasteiger charge is 2.26. The summed E-state index contributed by atoms with van der Waals surface area (Å²) in [7, 11) is 1.48. The van der Waals surface area contributed by atoms with E-state index in [4.69, 9.17) is 4.74 Å². The summed E-state index contributed by atoms with van der Waals surface area (Å²) >= 11 is 0. The van der Waals surface area contributed by atoms with Crippen LogP contribution in [0.4, 0.5) is 5.69 Å². The number of aryl methyl sites for hydroxylation is 2. The number of benzene rings is 2. The number of carbonyl (C=O) groups excluding carboxylic acids is 1. The molecule has 3 rings (SSSR count). The molecule has 0 aliphatic carbocycles. The van der Waals surface area contributed by atoms with Crippen molar-refractivity contribution in [1.29, 1.82) is 0 Å². The summed E-state index contributed by atoms with van der Waals surface area (Å²) in [4.78, 5) is 15.1. The Labute approximate surface area is 197 Å². The fourth-order valence-corrected chi connectivity index (χ4v) is 5.95. The van der Waals surface area contributed by atoms with Crippen molar-refractivity contribution in [3.05, 3.63) is 53.1 Å². The lowest BCUT2D eigenvalue weighted by atomic mass is 9.89. The maximum absolute atomic E-state index is 13.1. The Morgan fingerprint density at radius 3 is 2.24 bits per heavy atom. The van der Waals surface area contributed by atoms with Crippen LogP contribution in [0.25, 0.3) is 0 Å². The van der Waals surface area contributed by atoms with Gasteiger partial charge in [-0.25, -0.2) is 12.7 Å². The van der Waals surface area contributed by atoms with Gasteiger partial charge in [0.05, 0.1) is 12.0 Å². The summed E-state index contributed by atoms with van der Waals surface area (Å²) in [6.07, 6.45) is 2.37. The smallest absolute Gasteiger partial charge is 0.243 e. The van der Waals surface area contributed by atoms with Crippen molar-refractivity contribution in [2.75, 3.05) is 46.2 Å². The molecule has 7 nitrogen and oxygen atoms in total. The van der Waals surface area contributed by atoms with E-state index in [-0.39, 0.29) is 23.8 Å². The van der Waals surface area contributed by atoms with Gasteiger partial charge >= 0.3 is 0 Å². The average molecular weight is 474 g/mol. The highest BCUT2D eigenvalue weighted by atomic mass is 32.2. The van der Waals surface area contributed by atoms with Gasteiger partial charge in [0.2, 0.25) is 15.9 Å². The van der Waals surface area contributed by atoms with Crippen LogP contribution in [0, 0.1) is 13.8 Å². The number of nitrogens with one attached hydrogen (secondary N) is 1. The fourth-order valence-electron chi connectivity index (χ4n) is 4.37. The molecular formula is C25H35N3O4S. The van der Waals surface area contributed by atoms with Crippen molar-refractivity contribution in [2.24, 2.45) is 0 Å². The van der Waals surface area contributed by atoms with Gasteiger partial charge in [0.1, 0.15) is 5.75 Å². The molecule has 0 atom stereocenters. The number of piperidine rings is 1. The lowest BCUT2D eigenvalue weighted by molar-refractivity contribution is -0.116. The molecule has 0 aromatic heterocycles. The van der Waals surface area contributed by atoms with Gasteiger partial charge in [0.25, 0.3) is 0 Å². The Hall–Kier alpha value is -2.42. The van der Waals surface area contributed by atoms with Gasteiger partial charge in [0.15, 0.2) is 0 Å². The SMILES string of the molecule is COc1cc(C)c(S(=O)(=O)N(C)CCC(=O)Nc2ccc(C3CCN(C)CC3)cc2)c(C)c1. The third-order valence-electron chi connectivity index (χ3n) is 6.38. The van der Waals surface area contributed by atoms with Crippen LogP contribution in [0.2, 0.25) is 0 Å². The number of carbonyl (C=O) groups is 1. The number of rotatable bonds is 8. The van der Waals surface area contributed by atoms with Gasteiger partial charge in [-0.1, -0.05) is 12.1 Å². The molecule has 1 amide bonds. The van der Waals surface area contributed by atoms with Crippen molar-refractivity contribution in [1.82, 2.24) is 9.21 Å². The number of sulfonamides is 1. The van der Waals surface area contributed by atoms with Crippen molar-refractivity contribution in [3.63, 3.8) is 0 Å². The zero-order valence-corrected chi connectivity index (χ0v) is 21.0. The maximum Gasteiger partial charge on any atom is 0.243 e. The largest absolute Gasteiger partial charge is 0.497 e. The molecule has 180 valence electrons. The van der Waals surface area contributed by atoms with E-state index in [1.54, 1.807) is 33.1 Å². The molecule has 1 N–H and O–H groups in total. The van der Waals surface area contributed by atoms with Gasteiger partial charge in [-0.05, 0) is 93.7 Å². The molecular weight excluding hydrogens is 438 g/mol. The first-order valence-corrected chi connectivity index (χ1v) is 12.8. The van der Waals surface area contributed by atoms with Crippen LogP contribution in [0.5, 0.6) is 5.75 Å². The minimum absolute atomic E-state index is 0.0701. The first-order valence-electron chi connectivity index (χ1n) is 11.3. The van der Waals surface area contributed by atoms with E-state index < -0.39 is 10.0 Å². The monoisotopic (exact) mass is 473 g/mol. The zero-order valence-electron chi connectivity index (χ0n) is 20.2. The number of ether oxygens (including phenoxy) is 1. The number of nitrogens with zero attached hydrogens (tertiary/aromatic N) is 2. The van der Waals surface area contributed by atoms with E-state index in [9.17, 15) is 13.2 Å². The maximum atomic E-state index is 13.1. The summed E-state index contributed by atoms with van der Waals surface area (Å²) in [5.41, 5.74) is 3.27. The summed E-state index contributed by atoms with van der Waals surface area (Å²) in [6, 6.07) is 11.4. The molecule has 0 unspecified atom stereocenters. The van der Waals surface area contributed by atoms with Crippen LogP contribution in [-0.2, 0) is 14.8 Å². The van der Waals surface area contributed by atoms with Crippen molar-refractivity contribution >= 4 is 21.6 Å². The van der Waals surface area contributed by atoms with Crippen LogP contribution in [0.1, 0.15) is 41.9 Å². The van der Waals surface area contributed by atoms with Crippen molar-refractivity contribution < 1.29 is 17.9 Å². The molecule has 0 spiro atoms. The third kappa shape index (κ3) is 6.13. The topological polar surface area (TPSA) is 79.0 Å². The average Bonchev–Trinajstić information content (AvgIpc) is 2.77. The van der Waals surface area contributed by atoms with Crippen LogP contribution in [0.3, 0.4) is 0 Å². The van der Waals surface area contributed by atoms with E-state index in [1.807, 2.05) is 12.1 Å². The molecule has 0 saturated carbocycles. The second-order valence-corrected chi connectivity index (χ2v) is 10.9. The lowest BCUT2D eigenvalue weighted by Gasteiger charge is -2.29. The first kappa shape index (κ1) is 25.2. The minimum atomic E-state index is -3.72. The number of hydrogen-bond donors (Lipinski definition) is 1. The molecule has 1 aliphatic heterocycles. The Morgan fingerprint density at radius 1 is 1.12 bits per heavy atom. The standard InChI is InChI=1S/C25H35N3O4S/c1-18-16-23(32-5)17-19(2)25(18)33(30,31)28(4)15-12-24(29)26-22-8-6-20(7-9-22)21-10-13-27(3)14-11-21/h6-9,16-17,21H,10-15H2,1-5H3,(H,26,29). The molecule has 2 aromatic rings. The normalized spacial score (nSPS) is 15.6. The second kappa shape index (κ2) is 10.7. The van der Waals surface area contributed by atoms with Crippen LogP contribution < -0.4 is 10.1 Å². The molecule has 0 bridgehead atoms. The number of methoxy groups -OCH3 is 1. The van der Waals surface area contributed by atoms with Crippen molar-refractivity contribution in [3.8, 4) is 5.75 Å². The summed E-state index contributed by atoms with van der Waals surface area (Å²) in [5.74, 6) is 0.967. The van der Waals surface area contributed by atoms with E-state index in [0.29, 0.717) is 22.8 Å². The lowest BCUT2D eigenvalue weighted by Crippen LogP contribution is -2.31. The second-order valence-electron chi connectivity index (χ2n) is 8.91. The van der Waals surface area contributed by atoms with Gasteiger partial charge in [-0.2, -0.15) is 0 Å². The van der Waals surface area contributed by atoms with Gasteiger partial charge in [-0.15, -0.1) is 0 Å². The summed E-state index contributed by atoms with van der Waals surface area (Å²) in [5, 5.41) is 2.88. The Kier molecular flexibility index (Phi) is 8.15. The summed E-state index contributed by atoms with van der Waals surface area (Å²) in [6.45, 7) is 5.80. The van der Waals surface area contributed by atoms with Gasteiger partial charge < -0.3 is 15.0 Å². The van der Waals surface area contributed by atoms with Gasteiger partial charge in [-0.3, -0.25) is 4.79 Å². The number of amides is 1. The number of hydrogen-bond acceptors (Lipinski definition) is 5. The predicted molar refractivity (Wildman–Crippen MR) is 131 cm³/mol. The van der Waals surface area contributed by atoms with E-state index in [2.05, 4.69) is 29.4 Å². The van der Waals surface area contributed by atoms with Gasteiger partial charge in [0, 0.05) is 25.7 Å². The van der Waals surface area contributed by atoms with Crippen LogP contribution >= 0.6 is 0 Å². The molecule has 0 radical (unpaired) electrons. The number of anilines is 1. The minimum Gasteiger partial charge on any atom is -0.497 e. The highest BCUT2D eigenvalue weighted by molar-refractivity contribution is 7.89. The molecule has 8 heteroatoms. The molecule has 1 saturated heterocycles. The first-order chi connectivity index (χ1) is 15.6. The van der Waals surface area contributed by atoms with E-state index >= 15 is 0 Å². The van der Waals surface area contributed by atoms with Crippen LogP contribution in [-0.4, -0.2) is 64.4 Å². The van der Waals surface area contributed by atoms with E-state index in [0.717, 1.165) is 31.6 Å². The predicted octanol–water partition coefficient (Wildman–Crippen LogP) is 3.77. The quantitative estimate of drug-likeness (QED) is 0.631. The molecule has 1 aliphatic rings. The molecule has 1 fully saturated rings.